The molecule has 6 unspecified atom stereocenters. The van der Waals surface area contributed by atoms with Crippen LogP contribution in [0.2, 0.25) is 0 Å². The number of esters is 3. The summed E-state index contributed by atoms with van der Waals surface area (Å²) < 4.78 is 28.5. The topological polar surface area (TPSA) is 175 Å². The number of carbonyl (C=O) groups is 4. The molecule has 1 aliphatic rings. The number of hydrogen-bond donors (Lipinski definition) is 3. The van der Waals surface area contributed by atoms with Crippen LogP contribution in [-0.2, 0) is 42.9 Å². The van der Waals surface area contributed by atoms with E-state index in [0.717, 1.165) is 141 Å². The zero-order valence-electron chi connectivity index (χ0n) is 48.7. The molecule has 1 saturated heterocycles. The van der Waals surface area contributed by atoms with Crippen molar-refractivity contribution >= 4 is 23.9 Å². The molecule has 442 valence electrons. The molecule has 0 amide bonds. The highest BCUT2D eigenvalue weighted by Gasteiger charge is 2.50. The van der Waals surface area contributed by atoms with E-state index in [-0.39, 0.29) is 25.9 Å². The first-order valence-corrected chi connectivity index (χ1v) is 30.9. The second-order valence-corrected chi connectivity index (χ2v) is 20.9. The Bertz CT molecular complexity index is 1620. The van der Waals surface area contributed by atoms with Crippen molar-refractivity contribution in [3.63, 3.8) is 0 Å². The van der Waals surface area contributed by atoms with Crippen molar-refractivity contribution < 1.29 is 58.2 Å². The summed E-state index contributed by atoms with van der Waals surface area (Å²) in [5.74, 6) is -3.15. The Labute approximate surface area is 468 Å². The Hall–Kier alpha value is -3.84. The number of carboxylic acid groups (broad SMARTS) is 1. The fraction of sp³-hybridized carbons (Fsp3) is 0.754. The van der Waals surface area contributed by atoms with E-state index in [4.69, 9.17) is 23.7 Å². The second kappa shape index (κ2) is 52.8. The van der Waals surface area contributed by atoms with Gasteiger partial charge in [0.15, 0.2) is 24.6 Å². The van der Waals surface area contributed by atoms with Crippen LogP contribution >= 0.6 is 0 Å². The van der Waals surface area contributed by atoms with Crippen molar-refractivity contribution in [2.75, 3.05) is 13.2 Å². The molecule has 12 heteroatoms. The van der Waals surface area contributed by atoms with Gasteiger partial charge in [-0.2, -0.15) is 0 Å². The van der Waals surface area contributed by atoms with Gasteiger partial charge in [0.2, 0.25) is 0 Å². The van der Waals surface area contributed by atoms with E-state index >= 15 is 0 Å². The predicted molar refractivity (Wildman–Crippen MR) is 312 cm³/mol. The number of rotatable bonds is 52. The van der Waals surface area contributed by atoms with E-state index in [1.54, 1.807) is 0 Å². The van der Waals surface area contributed by atoms with Crippen LogP contribution in [0.1, 0.15) is 265 Å². The van der Waals surface area contributed by atoms with Gasteiger partial charge in [0, 0.05) is 19.3 Å². The lowest BCUT2D eigenvalue weighted by Crippen LogP contribution is -2.61. The predicted octanol–water partition coefficient (Wildman–Crippen LogP) is 16.1. The molecule has 0 aromatic heterocycles. The lowest BCUT2D eigenvalue weighted by atomic mass is 9.98. The third kappa shape index (κ3) is 42.7. The number of ether oxygens (including phenoxy) is 5. The maximum absolute atomic E-state index is 13.2. The fourth-order valence-corrected chi connectivity index (χ4v) is 9.00. The number of aliphatic carboxylic acids is 1. The summed E-state index contributed by atoms with van der Waals surface area (Å²) >= 11 is 0. The van der Waals surface area contributed by atoms with Gasteiger partial charge >= 0.3 is 23.9 Å². The van der Waals surface area contributed by atoms with Crippen LogP contribution in [0.25, 0.3) is 0 Å². The van der Waals surface area contributed by atoms with Gasteiger partial charge in [-0.05, 0) is 109 Å². The van der Waals surface area contributed by atoms with Crippen molar-refractivity contribution in [2.45, 2.75) is 302 Å². The first-order chi connectivity index (χ1) is 37.6. The molecule has 1 fully saturated rings. The van der Waals surface area contributed by atoms with E-state index in [2.05, 4.69) is 93.7 Å². The van der Waals surface area contributed by atoms with Gasteiger partial charge in [0.1, 0.15) is 18.8 Å². The minimum absolute atomic E-state index is 0.0473. The van der Waals surface area contributed by atoms with E-state index in [9.17, 15) is 34.5 Å². The number of aliphatic hydroxyl groups is 2. The van der Waals surface area contributed by atoms with Gasteiger partial charge in [-0.15, -0.1) is 0 Å². The highest BCUT2D eigenvalue weighted by atomic mass is 16.7. The lowest BCUT2D eigenvalue weighted by Gasteiger charge is -2.40. The van der Waals surface area contributed by atoms with Crippen molar-refractivity contribution in [2.24, 2.45) is 0 Å². The number of aliphatic hydroxyl groups excluding tert-OH is 2. The summed E-state index contributed by atoms with van der Waals surface area (Å²) in [5, 5.41) is 31.5. The highest BCUT2D eigenvalue weighted by molar-refractivity contribution is 5.74. The van der Waals surface area contributed by atoms with E-state index < -0.39 is 67.3 Å². The van der Waals surface area contributed by atoms with Gasteiger partial charge in [-0.25, -0.2) is 4.79 Å². The molecule has 1 aliphatic heterocycles. The standard InChI is InChI=1S/C65H110O12/c1-4-7-10-13-16-19-22-25-27-29-31-34-36-39-42-45-48-51-57(66)73-54-56(75-58(67)52-49-46-43-40-38-35-32-30-28-26-23-20-17-14-11-8-5-2)55-74-65-63(61(70)60(69)62(77-65)64(71)72)76-59(68)53-50-47-44-41-37-33-24-21-18-15-12-9-6-3/h7,10,16-17,19-21,24-28,56,60-63,65,69-70H,4-6,8-9,11-15,18,22-23,29-55H2,1-3H3,(H,71,72)/b10-7-,19-16-,20-17-,24-21-,27-25-,28-26-. The summed E-state index contributed by atoms with van der Waals surface area (Å²) in [6.45, 7) is 5.83. The summed E-state index contributed by atoms with van der Waals surface area (Å²) in [6.07, 6.45) is 54.3. The first kappa shape index (κ1) is 71.2. The van der Waals surface area contributed by atoms with Crippen LogP contribution in [0.4, 0.5) is 0 Å². The van der Waals surface area contributed by atoms with Gasteiger partial charge in [0.25, 0.3) is 0 Å². The van der Waals surface area contributed by atoms with E-state index in [1.807, 2.05) is 0 Å². The molecule has 12 nitrogen and oxygen atoms in total. The smallest absolute Gasteiger partial charge is 0.335 e. The van der Waals surface area contributed by atoms with Crippen molar-refractivity contribution in [3.05, 3.63) is 72.9 Å². The Morgan fingerprint density at radius 2 is 0.818 bits per heavy atom. The zero-order chi connectivity index (χ0) is 56.1. The monoisotopic (exact) mass is 1080 g/mol. The fourth-order valence-electron chi connectivity index (χ4n) is 9.00. The summed E-state index contributed by atoms with van der Waals surface area (Å²) in [6, 6.07) is 0. The maximum Gasteiger partial charge on any atom is 0.335 e. The molecule has 0 aliphatic carbocycles. The minimum atomic E-state index is -1.91. The molecule has 0 aromatic rings. The van der Waals surface area contributed by atoms with Crippen LogP contribution in [-0.4, -0.2) is 89.2 Å². The number of carbonyl (C=O) groups excluding carboxylic acids is 3. The maximum atomic E-state index is 13.2. The average Bonchev–Trinajstić information content (AvgIpc) is 3.42. The van der Waals surface area contributed by atoms with Gasteiger partial charge in [-0.3, -0.25) is 14.4 Å². The molecule has 77 heavy (non-hydrogen) atoms. The largest absolute Gasteiger partial charge is 0.479 e. The van der Waals surface area contributed by atoms with Crippen LogP contribution in [0.3, 0.4) is 0 Å². The van der Waals surface area contributed by atoms with Crippen LogP contribution in [0.5, 0.6) is 0 Å². The third-order valence-electron chi connectivity index (χ3n) is 13.7. The Morgan fingerprint density at radius 1 is 0.442 bits per heavy atom. The quantitative estimate of drug-likeness (QED) is 0.0228. The van der Waals surface area contributed by atoms with Crippen LogP contribution in [0, 0.1) is 0 Å². The number of hydrogen-bond acceptors (Lipinski definition) is 11. The summed E-state index contributed by atoms with van der Waals surface area (Å²) in [7, 11) is 0. The number of unbranched alkanes of at least 4 members (excludes halogenated alkanes) is 26. The van der Waals surface area contributed by atoms with Crippen molar-refractivity contribution in [1.82, 2.24) is 0 Å². The van der Waals surface area contributed by atoms with E-state index in [0.29, 0.717) is 19.3 Å². The van der Waals surface area contributed by atoms with Crippen LogP contribution < -0.4 is 0 Å². The molecule has 0 bridgehead atoms. The number of allylic oxidation sites excluding steroid dienone is 12. The molecule has 0 saturated carbocycles. The molecule has 1 heterocycles. The molecule has 3 N–H and O–H groups in total. The van der Waals surface area contributed by atoms with Gasteiger partial charge in [-0.1, -0.05) is 209 Å². The SMILES string of the molecule is CC/C=C\C/C=C\C/C=C\CCCCCCCCCC(=O)OCC(COC1OC(C(=O)O)C(O)C(O)C1OC(=O)CCCCCCC/C=C\CCCCCC)OC(=O)CCCCCCCCC/C=C\C/C=C\CCCCC. The molecule has 6 atom stereocenters. The molecule has 1 rings (SSSR count). The highest BCUT2D eigenvalue weighted by Crippen LogP contribution is 2.26. The minimum Gasteiger partial charge on any atom is -0.479 e. The molecule has 0 spiro atoms. The van der Waals surface area contributed by atoms with E-state index in [1.165, 1.54) is 64.2 Å². The second-order valence-electron chi connectivity index (χ2n) is 20.9. The Balaban J connectivity index is 2.69. The molecule has 0 radical (unpaired) electrons. The molecular formula is C65H110O12. The summed E-state index contributed by atoms with van der Waals surface area (Å²) in [5.41, 5.74) is 0. The first-order valence-electron chi connectivity index (χ1n) is 30.9. The van der Waals surface area contributed by atoms with Crippen LogP contribution in [0.15, 0.2) is 72.9 Å². The van der Waals surface area contributed by atoms with Crippen molar-refractivity contribution in [3.8, 4) is 0 Å². The van der Waals surface area contributed by atoms with Gasteiger partial charge in [0.05, 0.1) is 6.61 Å². The normalized spacial score (nSPS) is 18.5. The molecular weight excluding hydrogens is 973 g/mol. The zero-order valence-corrected chi connectivity index (χ0v) is 48.7. The van der Waals surface area contributed by atoms with Crippen molar-refractivity contribution in [1.29, 1.82) is 0 Å². The lowest BCUT2D eigenvalue weighted by molar-refractivity contribution is -0.301. The average molecular weight is 1080 g/mol. The number of carboxylic acids is 1. The Kier molecular flexibility index (Phi) is 48.8. The van der Waals surface area contributed by atoms with Gasteiger partial charge < -0.3 is 39.0 Å². The third-order valence-corrected chi connectivity index (χ3v) is 13.7. The Morgan fingerprint density at radius 3 is 1.29 bits per heavy atom. The summed E-state index contributed by atoms with van der Waals surface area (Å²) in [4.78, 5) is 51.2. The molecule has 0 aromatic carbocycles.